The van der Waals surface area contributed by atoms with Gasteiger partial charge in [0.05, 0.1) is 18.8 Å². The lowest BCUT2D eigenvalue weighted by atomic mass is 9.97. The van der Waals surface area contributed by atoms with Crippen LogP contribution >= 0.6 is 0 Å². The van der Waals surface area contributed by atoms with Crippen molar-refractivity contribution in [1.82, 2.24) is 14.7 Å². The van der Waals surface area contributed by atoms with Gasteiger partial charge in [0.15, 0.2) is 0 Å². The van der Waals surface area contributed by atoms with Crippen LogP contribution in [-0.2, 0) is 11.8 Å². The molecule has 2 N–H and O–H groups in total. The van der Waals surface area contributed by atoms with E-state index in [4.69, 9.17) is 10.5 Å². The zero-order valence-corrected chi connectivity index (χ0v) is 13.5. The summed E-state index contributed by atoms with van der Waals surface area (Å²) in [5.74, 6) is 0. The molecule has 0 spiro atoms. The van der Waals surface area contributed by atoms with E-state index in [1.807, 2.05) is 17.9 Å². The molecule has 0 aliphatic rings. The van der Waals surface area contributed by atoms with E-state index in [0.29, 0.717) is 6.04 Å². The lowest BCUT2D eigenvalue weighted by molar-refractivity contribution is 0.0755. The normalized spacial score (nSPS) is 16.4. The third-order valence-electron chi connectivity index (χ3n) is 4.01. The van der Waals surface area contributed by atoms with Gasteiger partial charge in [-0.15, -0.1) is 0 Å². The third-order valence-corrected chi connectivity index (χ3v) is 4.01. The Morgan fingerprint density at radius 1 is 1.40 bits per heavy atom. The maximum Gasteiger partial charge on any atom is 0.0590 e. The van der Waals surface area contributed by atoms with Crippen molar-refractivity contribution in [3.8, 4) is 0 Å². The Balaban J connectivity index is 3.03. The van der Waals surface area contributed by atoms with Crippen molar-refractivity contribution in [2.75, 3.05) is 20.3 Å². The summed E-state index contributed by atoms with van der Waals surface area (Å²) in [6.07, 6.45) is 6.04. The third kappa shape index (κ3) is 4.30. The number of hydrogen-bond acceptors (Lipinski definition) is 4. The molecule has 3 unspecified atom stereocenters. The zero-order valence-electron chi connectivity index (χ0n) is 13.5. The highest BCUT2D eigenvalue weighted by molar-refractivity contribution is 5.14. The molecule has 1 heterocycles. The van der Waals surface area contributed by atoms with E-state index in [0.717, 1.165) is 26.0 Å². The van der Waals surface area contributed by atoms with E-state index in [-0.39, 0.29) is 12.1 Å². The molecule has 20 heavy (non-hydrogen) atoms. The van der Waals surface area contributed by atoms with Gasteiger partial charge in [-0.3, -0.25) is 9.58 Å². The van der Waals surface area contributed by atoms with Crippen LogP contribution in [0.2, 0.25) is 0 Å². The van der Waals surface area contributed by atoms with Crippen molar-refractivity contribution in [2.24, 2.45) is 12.8 Å². The molecule has 0 radical (unpaired) electrons. The number of aryl methyl sites for hydroxylation is 1. The van der Waals surface area contributed by atoms with Gasteiger partial charge < -0.3 is 10.5 Å². The monoisotopic (exact) mass is 282 g/mol. The predicted molar refractivity (Wildman–Crippen MR) is 82.6 cm³/mol. The van der Waals surface area contributed by atoms with Crippen LogP contribution in [0.15, 0.2) is 12.4 Å². The summed E-state index contributed by atoms with van der Waals surface area (Å²) in [6.45, 7) is 8.21. The van der Waals surface area contributed by atoms with E-state index in [2.05, 4.69) is 37.0 Å². The van der Waals surface area contributed by atoms with Gasteiger partial charge in [0.1, 0.15) is 0 Å². The Labute approximate surface area is 123 Å². The standard InChI is InChI=1S/C15H30N4O/c1-6-12(3)19(8-9-20-5)15(14(16)7-2)13-10-17-18(4)11-13/h10-12,14-15H,6-9,16H2,1-5H3. The van der Waals surface area contributed by atoms with Crippen LogP contribution in [-0.4, -0.2) is 47.0 Å². The molecule has 116 valence electrons. The summed E-state index contributed by atoms with van der Waals surface area (Å²) in [7, 11) is 3.69. The van der Waals surface area contributed by atoms with Crippen LogP contribution in [0.4, 0.5) is 0 Å². The molecule has 0 saturated carbocycles. The summed E-state index contributed by atoms with van der Waals surface area (Å²) in [5.41, 5.74) is 7.60. The molecule has 3 atom stereocenters. The van der Waals surface area contributed by atoms with Crippen LogP contribution < -0.4 is 5.73 Å². The summed E-state index contributed by atoms with van der Waals surface area (Å²) in [4.78, 5) is 2.45. The molecule has 0 amide bonds. The van der Waals surface area contributed by atoms with Crippen LogP contribution in [0.25, 0.3) is 0 Å². The molecule has 5 nitrogen and oxygen atoms in total. The number of hydrogen-bond donors (Lipinski definition) is 1. The van der Waals surface area contributed by atoms with Crippen molar-refractivity contribution in [3.63, 3.8) is 0 Å². The second kappa shape index (κ2) is 8.39. The molecule has 0 fully saturated rings. The molecule has 0 bridgehead atoms. The molecular weight excluding hydrogens is 252 g/mol. The molecule has 0 aliphatic heterocycles. The fraction of sp³-hybridized carbons (Fsp3) is 0.800. The van der Waals surface area contributed by atoms with Crippen molar-refractivity contribution in [2.45, 2.75) is 51.7 Å². The minimum Gasteiger partial charge on any atom is -0.383 e. The van der Waals surface area contributed by atoms with Gasteiger partial charge in [-0.05, 0) is 19.8 Å². The molecule has 1 aromatic heterocycles. The maximum absolute atomic E-state index is 6.40. The first-order valence-electron chi connectivity index (χ1n) is 7.53. The number of aromatic nitrogens is 2. The molecule has 0 aromatic carbocycles. The highest BCUT2D eigenvalue weighted by Crippen LogP contribution is 2.27. The van der Waals surface area contributed by atoms with Crippen LogP contribution in [0, 0.1) is 0 Å². The smallest absolute Gasteiger partial charge is 0.0590 e. The average Bonchev–Trinajstić information content (AvgIpc) is 2.87. The van der Waals surface area contributed by atoms with E-state index >= 15 is 0 Å². The molecular formula is C15H30N4O. The molecule has 0 saturated heterocycles. The van der Waals surface area contributed by atoms with Crippen molar-refractivity contribution in [3.05, 3.63) is 18.0 Å². The Morgan fingerprint density at radius 3 is 2.55 bits per heavy atom. The Bertz CT molecular complexity index is 380. The lowest BCUT2D eigenvalue weighted by Crippen LogP contribution is -2.46. The molecule has 0 aliphatic carbocycles. The molecule has 1 aromatic rings. The Morgan fingerprint density at radius 2 is 2.10 bits per heavy atom. The van der Waals surface area contributed by atoms with Gasteiger partial charge in [-0.2, -0.15) is 5.10 Å². The van der Waals surface area contributed by atoms with E-state index in [1.165, 1.54) is 5.56 Å². The van der Waals surface area contributed by atoms with Gasteiger partial charge in [0, 0.05) is 44.5 Å². The average molecular weight is 282 g/mol. The van der Waals surface area contributed by atoms with Gasteiger partial charge >= 0.3 is 0 Å². The van der Waals surface area contributed by atoms with E-state index in [1.54, 1.807) is 7.11 Å². The number of methoxy groups -OCH3 is 1. The zero-order chi connectivity index (χ0) is 15.1. The SMILES string of the molecule is CCC(N)C(c1cnn(C)c1)N(CCOC)C(C)CC. The lowest BCUT2D eigenvalue weighted by Gasteiger charge is -2.38. The fourth-order valence-electron chi connectivity index (χ4n) is 2.57. The van der Waals surface area contributed by atoms with Gasteiger partial charge in [0.2, 0.25) is 0 Å². The predicted octanol–water partition coefficient (Wildman–Crippen LogP) is 1.95. The first-order valence-corrected chi connectivity index (χ1v) is 7.53. The van der Waals surface area contributed by atoms with E-state index in [9.17, 15) is 0 Å². The van der Waals surface area contributed by atoms with Crippen molar-refractivity contribution >= 4 is 0 Å². The first-order chi connectivity index (χ1) is 9.54. The van der Waals surface area contributed by atoms with Crippen molar-refractivity contribution in [1.29, 1.82) is 0 Å². The summed E-state index contributed by atoms with van der Waals surface area (Å²) < 4.78 is 7.11. The van der Waals surface area contributed by atoms with Crippen LogP contribution in [0.3, 0.4) is 0 Å². The molecule has 1 rings (SSSR count). The summed E-state index contributed by atoms with van der Waals surface area (Å²) in [6, 6.07) is 0.761. The number of nitrogens with zero attached hydrogens (tertiary/aromatic N) is 3. The maximum atomic E-state index is 6.40. The second-order valence-corrected chi connectivity index (χ2v) is 5.45. The van der Waals surface area contributed by atoms with Gasteiger partial charge in [0.25, 0.3) is 0 Å². The quantitative estimate of drug-likeness (QED) is 0.752. The first kappa shape index (κ1) is 17.1. The highest BCUT2D eigenvalue weighted by atomic mass is 16.5. The Kier molecular flexibility index (Phi) is 7.19. The van der Waals surface area contributed by atoms with Gasteiger partial charge in [-0.1, -0.05) is 13.8 Å². The van der Waals surface area contributed by atoms with E-state index < -0.39 is 0 Å². The largest absolute Gasteiger partial charge is 0.383 e. The fourth-order valence-corrected chi connectivity index (χ4v) is 2.57. The van der Waals surface area contributed by atoms with Crippen molar-refractivity contribution < 1.29 is 4.74 Å². The topological polar surface area (TPSA) is 56.3 Å². The Hall–Kier alpha value is -0.910. The molecule has 5 heteroatoms. The van der Waals surface area contributed by atoms with Crippen LogP contribution in [0.1, 0.15) is 45.2 Å². The number of rotatable bonds is 9. The minimum atomic E-state index is 0.102. The second-order valence-electron chi connectivity index (χ2n) is 5.45. The minimum absolute atomic E-state index is 0.102. The van der Waals surface area contributed by atoms with Gasteiger partial charge in [-0.25, -0.2) is 0 Å². The van der Waals surface area contributed by atoms with Crippen LogP contribution in [0.5, 0.6) is 0 Å². The summed E-state index contributed by atoms with van der Waals surface area (Å²) in [5, 5.41) is 4.31. The summed E-state index contributed by atoms with van der Waals surface area (Å²) >= 11 is 0. The highest BCUT2D eigenvalue weighted by Gasteiger charge is 2.29. The number of nitrogens with two attached hydrogens (primary N) is 1. The number of ether oxygens (including phenoxy) is 1.